The first-order chi connectivity index (χ1) is 11.7. The van der Waals surface area contributed by atoms with Crippen LogP contribution < -0.4 is 5.73 Å². The maximum Gasteiger partial charge on any atom is 0.307 e. The zero-order chi connectivity index (χ0) is 18.7. The average molecular weight is 343 g/mol. The highest BCUT2D eigenvalue weighted by atomic mass is 19.1. The molecule has 134 valence electrons. The predicted octanol–water partition coefficient (Wildman–Crippen LogP) is 4.68. The lowest BCUT2D eigenvalue weighted by Crippen LogP contribution is -2.19. The van der Waals surface area contributed by atoms with E-state index in [1.807, 2.05) is 19.9 Å². The topological polar surface area (TPSA) is 52.3 Å². The minimum Gasteiger partial charge on any atom is -0.466 e. The summed E-state index contributed by atoms with van der Waals surface area (Å²) in [5.74, 6) is -0.775. The second-order valence-electron chi connectivity index (χ2n) is 6.59. The van der Waals surface area contributed by atoms with Crippen molar-refractivity contribution >= 4 is 5.97 Å². The van der Waals surface area contributed by atoms with Gasteiger partial charge in [0.05, 0.1) is 13.0 Å². The fourth-order valence-corrected chi connectivity index (χ4v) is 3.36. The summed E-state index contributed by atoms with van der Waals surface area (Å²) in [6, 6.07) is 7.08. The van der Waals surface area contributed by atoms with Crippen LogP contribution in [0.3, 0.4) is 0 Å². The number of hydrogen-bond donors (Lipinski definition) is 1. The van der Waals surface area contributed by atoms with E-state index in [9.17, 15) is 9.18 Å². The fraction of sp³-hybridized carbons (Fsp3) is 0.381. The molecular formula is C21H26FNO2. The summed E-state index contributed by atoms with van der Waals surface area (Å²) in [4.78, 5) is 11.7. The second-order valence-corrected chi connectivity index (χ2v) is 6.59. The summed E-state index contributed by atoms with van der Waals surface area (Å²) < 4.78 is 19.5. The van der Waals surface area contributed by atoms with Crippen molar-refractivity contribution in [2.75, 3.05) is 6.61 Å². The van der Waals surface area contributed by atoms with Gasteiger partial charge in [0.2, 0.25) is 0 Å². The fourth-order valence-electron chi connectivity index (χ4n) is 3.36. The summed E-state index contributed by atoms with van der Waals surface area (Å²) in [7, 11) is 0. The molecule has 0 fully saturated rings. The molecule has 2 aromatic rings. The maximum atomic E-state index is 14.6. The molecule has 4 heteroatoms. The van der Waals surface area contributed by atoms with Crippen molar-refractivity contribution in [2.24, 2.45) is 5.73 Å². The number of carbonyl (C=O) groups excluding carboxylic acids is 1. The predicted molar refractivity (Wildman–Crippen MR) is 99.0 cm³/mol. The minimum atomic E-state index is -0.733. The second kappa shape index (κ2) is 7.79. The quantitative estimate of drug-likeness (QED) is 0.802. The Morgan fingerprint density at radius 2 is 1.68 bits per heavy atom. The van der Waals surface area contributed by atoms with Crippen LogP contribution in [0, 0.1) is 33.5 Å². The molecule has 0 aliphatic heterocycles. The molecule has 0 saturated heterocycles. The van der Waals surface area contributed by atoms with Crippen LogP contribution >= 0.6 is 0 Å². The lowest BCUT2D eigenvalue weighted by atomic mass is 9.90. The molecular weight excluding hydrogens is 317 g/mol. The van der Waals surface area contributed by atoms with Crippen LogP contribution in [0.1, 0.15) is 47.2 Å². The highest BCUT2D eigenvalue weighted by Crippen LogP contribution is 2.33. The molecule has 2 aromatic carbocycles. The van der Waals surface area contributed by atoms with Crippen LogP contribution in [0.5, 0.6) is 0 Å². The van der Waals surface area contributed by atoms with Crippen molar-refractivity contribution in [3.05, 3.63) is 57.9 Å². The van der Waals surface area contributed by atoms with E-state index in [-0.39, 0.29) is 18.8 Å². The Bertz CT molecular complexity index is 776. The molecule has 25 heavy (non-hydrogen) atoms. The first-order valence-electron chi connectivity index (χ1n) is 8.54. The molecule has 0 aromatic heterocycles. The molecule has 0 unspecified atom stereocenters. The third kappa shape index (κ3) is 4.26. The molecule has 0 spiro atoms. The van der Waals surface area contributed by atoms with Gasteiger partial charge in [-0.15, -0.1) is 0 Å². The summed E-state index contributed by atoms with van der Waals surface area (Å²) in [6.07, 6.45) is -0.0421. The van der Waals surface area contributed by atoms with Crippen LogP contribution in [-0.4, -0.2) is 12.6 Å². The van der Waals surface area contributed by atoms with Crippen molar-refractivity contribution in [3.8, 4) is 11.1 Å². The standard InChI is InChI=1S/C21H26FNO2/c1-6-25-19(24)11-18(23)17-10-16(9-15(5)21(17)22)20-13(3)7-12(2)8-14(20)4/h7-10,18H,6,11,23H2,1-5H3/t18-/m0/s1. The summed E-state index contributed by atoms with van der Waals surface area (Å²) in [5.41, 5.74) is 12.4. The number of nitrogens with two attached hydrogens (primary N) is 1. The third-order valence-electron chi connectivity index (χ3n) is 4.34. The van der Waals surface area contributed by atoms with E-state index in [4.69, 9.17) is 10.5 Å². The maximum absolute atomic E-state index is 14.6. The van der Waals surface area contributed by atoms with E-state index >= 15 is 0 Å². The Balaban J connectivity index is 2.50. The van der Waals surface area contributed by atoms with Crippen LogP contribution in [0.15, 0.2) is 24.3 Å². The van der Waals surface area contributed by atoms with Gasteiger partial charge in [-0.1, -0.05) is 17.7 Å². The first kappa shape index (κ1) is 19.1. The third-order valence-corrected chi connectivity index (χ3v) is 4.34. The van der Waals surface area contributed by atoms with Gasteiger partial charge in [0.25, 0.3) is 0 Å². The monoisotopic (exact) mass is 343 g/mol. The van der Waals surface area contributed by atoms with Gasteiger partial charge in [-0.25, -0.2) is 4.39 Å². The number of hydrogen-bond acceptors (Lipinski definition) is 3. The van der Waals surface area contributed by atoms with Gasteiger partial charge in [0, 0.05) is 11.6 Å². The smallest absolute Gasteiger partial charge is 0.307 e. The number of ether oxygens (including phenoxy) is 1. The molecule has 2 rings (SSSR count). The van der Waals surface area contributed by atoms with Crippen LogP contribution in [0.2, 0.25) is 0 Å². The molecule has 0 bridgehead atoms. The molecule has 0 heterocycles. The van der Waals surface area contributed by atoms with Gasteiger partial charge in [-0.05, 0) is 74.6 Å². The van der Waals surface area contributed by atoms with Gasteiger partial charge < -0.3 is 10.5 Å². The molecule has 0 saturated carbocycles. The number of halogens is 1. The van der Waals surface area contributed by atoms with E-state index in [2.05, 4.69) is 19.1 Å². The van der Waals surface area contributed by atoms with E-state index in [0.29, 0.717) is 11.1 Å². The zero-order valence-electron chi connectivity index (χ0n) is 15.6. The van der Waals surface area contributed by atoms with Crippen molar-refractivity contribution in [1.29, 1.82) is 0 Å². The Morgan fingerprint density at radius 3 is 2.24 bits per heavy atom. The Hall–Kier alpha value is -2.20. The van der Waals surface area contributed by atoms with E-state index in [0.717, 1.165) is 22.3 Å². The Morgan fingerprint density at radius 1 is 1.08 bits per heavy atom. The number of esters is 1. The van der Waals surface area contributed by atoms with Crippen LogP contribution in [0.4, 0.5) is 4.39 Å². The van der Waals surface area contributed by atoms with Gasteiger partial charge >= 0.3 is 5.97 Å². The van der Waals surface area contributed by atoms with Crippen molar-refractivity contribution < 1.29 is 13.9 Å². The molecule has 0 amide bonds. The first-order valence-corrected chi connectivity index (χ1v) is 8.54. The highest BCUT2D eigenvalue weighted by Gasteiger charge is 2.20. The zero-order valence-corrected chi connectivity index (χ0v) is 15.6. The van der Waals surface area contributed by atoms with Gasteiger partial charge in [-0.2, -0.15) is 0 Å². The van der Waals surface area contributed by atoms with Gasteiger partial charge in [0.1, 0.15) is 5.82 Å². The number of benzene rings is 2. The van der Waals surface area contributed by atoms with Crippen molar-refractivity contribution in [3.63, 3.8) is 0 Å². The lowest BCUT2D eigenvalue weighted by molar-refractivity contribution is -0.143. The van der Waals surface area contributed by atoms with Crippen molar-refractivity contribution in [1.82, 2.24) is 0 Å². The van der Waals surface area contributed by atoms with E-state index in [1.54, 1.807) is 19.9 Å². The molecule has 0 aliphatic rings. The molecule has 1 atom stereocenters. The lowest BCUT2D eigenvalue weighted by Gasteiger charge is -2.18. The average Bonchev–Trinajstić information content (AvgIpc) is 2.49. The molecule has 0 radical (unpaired) electrons. The van der Waals surface area contributed by atoms with Crippen molar-refractivity contribution in [2.45, 2.75) is 47.1 Å². The van der Waals surface area contributed by atoms with E-state index < -0.39 is 12.0 Å². The van der Waals surface area contributed by atoms with Crippen LogP contribution in [-0.2, 0) is 9.53 Å². The van der Waals surface area contributed by atoms with Gasteiger partial charge in [-0.3, -0.25) is 4.79 Å². The summed E-state index contributed by atoms with van der Waals surface area (Å²) in [5, 5.41) is 0. The van der Waals surface area contributed by atoms with Crippen LogP contribution in [0.25, 0.3) is 11.1 Å². The highest BCUT2D eigenvalue weighted by molar-refractivity contribution is 5.74. The normalized spacial score (nSPS) is 12.1. The molecule has 2 N–H and O–H groups in total. The van der Waals surface area contributed by atoms with E-state index in [1.165, 1.54) is 5.56 Å². The Kier molecular flexibility index (Phi) is 5.96. The minimum absolute atomic E-state index is 0.0421. The number of carbonyl (C=O) groups is 1. The largest absolute Gasteiger partial charge is 0.466 e. The van der Waals surface area contributed by atoms with Gasteiger partial charge in [0.15, 0.2) is 0 Å². The number of aryl methyl sites for hydroxylation is 4. The SMILES string of the molecule is CCOC(=O)C[C@H](N)c1cc(-c2c(C)cc(C)cc2C)cc(C)c1F. The Labute approximate surface area is 149 Å². The number of rotatable bonds is 5. The summed E-state index contributed by atoms with van der Waals surface area (Å²) in [6.45, 7) is 9.89. The summed E-state index contributed by atoms with van der Waals surface area (Å²) >= 11 is 0. The molecule has 0 aliphatic carbocycles. The molecule has 3 nitrogen and oxygen atoms in total.